The van der Waals surface area contributed by atoms with E-state index in [9.17, 15) is 19.2 Å². The van der Waals surface area contributed by atoms with Crippen molar-refractivity contribution in [2.45, 2.75) is 67.7 Å². The molecule has 0 saturated heterocycles. The molecule has 0 aliphatic rings. The number of anilines is 2. The van der Waals surface area contributed by atoms with Crippen LogP contribution in [0.4, 0.5) is 11.4 Å². The number of ketones is 2. The molecule has 0 aromatic heterocycles. The first-order valence-corrected chi connectivity index (χ1v) is 15.9. The van der Waals surface area contributed by atoms with E-state index in [1.54, 1.807) is 31.2 Å². The van der Waals surface area contributed by atoms with Gasteiger partial charge in [-0.3, -0.25) is 19.2 Å². The Morgan fingerprint density at radius 3 is 1.57 bits per heavy atom. The molecule has 0 unspecified atom stereocenters. The average Bonchev–Trinajstić information content (AvgIpc) is 2.93. The molecule has 0 atom stereocenters. The molecule has 0 aliphatic carbocycles. The van der Waals surface area contributed by atoms with Crippen molar-refractivity contribution in [3.05, 3.63) is 68.0 Å². The molecule has 2 aromatic carbocycles. The third-order valence-corrected chi connectivity index (χ3v) is 6.96. The van der Waals surface area contributed by atoms with Gasteiger partial charge in [0, 0.05) is 34.3 Å². The fourth-order valence-corrected chi connectivity index (χ4v) is 4.36. The molecule has 10 nitrogen and oxygen atoms in total. The van der Waals surface area contributed by atoms with E-state index in [1.165, 1.54) is 11.8 Å². The highest BCUT2D eigenvalue weighted by Crippen LogP contribution is 2.24. The molecular weight excluding hydrogens is 655 g/mol. The molecule has 0 saturated carbocycles. The van der Waals surface area contributed by atoms with Crippen LogP contribution < -0.4 is 10.6 Å². The number of allylic oxidation sites excluding steroid dienone is 1. The van der Waals surface area contributed by atoms with Gasteiger partial charge in [-0.25, -0.2) is 0 Å². The van der Waals surface area contributed by atoms with Crippen LogP contribution in [0.25, 0.3) is 0 Å². The molecule has 0 spiro atoms. The molecule has 2 amide bonds. The Kier molecular flexibility index (Phi) is 23.5. The van der Waals surface area contributed by atoms with Crippen molar-refractivity contribution in [1.29, 1.82) is 0 Å². The lowest BCUT2D eigenvalue weighted by Crippen LogP contribution is -2.23. The van der Waals surface area contributed by atoms with Gasteiger partial charge in [0.2, 0.25) is 5.91 Å². The zero-order chi connectivity index (χ0) is 36.0. The van der Waals surface area contributed by atoms with Crippen molar-refractivity contribution in [3.8, 4) is 0 Å². The Hall–Kier alpha value is -3.85. The summed E-state index contributed by atoms with van der Waals surface area (Å²) in [6, 6.07) is 10.6. The number of carbonyl (C=O) groups is 4. The second-order valence-electron chi connectivity index (χ2n) is 10.6. The molecule has 13 heteroatoms. The Balaban J connectivity index is 0. The summed E-state index contributed by atoms with van der Waals surface area (Å²) < 4.78 is 0. The van der Waals surface area contributed by atoms with E-state index in [4.69, 9.17) is 42.4 Å². The summed E-state index contributed by atoms with van der Waals surface area (Å²) in [4.78, 5) is 81.4. The van der Waals surface area contributed by atoms with Gasteiger partial charge >= 0.3 is 12.3 Å². The van der Waals surface area contributed by atoms with Crippen molar-refractivity contribution in [3.63, 3.8) is 0 Å². The molecule has 0 radical (unpaired) electrons. The van der Waals surface area contributed by atoms with E-state index in [0.29, 0.717) is 34.3 Å². The first kappa shape index (κ1) is 44.3. The quantitative estimate of drug-likeness (QED) is 0.140. The summed E-state index contributed by atoms with van der Waals surface area (Å²) in [5.74, 6) is -0.342. The number of rotatable bonds is 11. The summed E-state index contributed by atoms with van der Waals surface area (Å²) in [6.45, 7) is 13.4. The maximum Gasteiger partial charge on any atom is 0.373 e. The van der Waals surface area contributed by atoms with E-state index < -0.39 is 0 Å². The van der Waals surface area contributed by atoms with Crippen LogP contribution in [-0.2, 0) is 38.4 Å². The van der Waals surface area contributed by atoms with Crippen LogP contribution in [0, 0.1) is 25.7 Å². The number of nitrogens with one attached hydrogen (secondary N) is 2. The monoisotopic (exact) mass is 694 g/mol. The van der Waals surface area contributed by atoms with Gasteiger partial charge < -0.3 is 10.6 Å². The average molecular weight is 696 g/mol. The van der Waals surface area contributed by atoms with E-state index in [-0.39, 0.29) is 59.5 Å². The molecule has 2 N–H and O–H groups in total. The summed E-state index contributed by atoms with van der Waals surface area (Å²) in [5, 5.41) is 6.62. The number of Topliss-reactive ketones (excluding diaryl/α,β-unsaturated/α-hetero) is 2. The fourth-order valence-electron chi connectivity index (χ4n) is 3.60. The molecule has 0 fully saturated rings. The van der Waals surface area contributed by atoms with Crippen molar-refractivity contribution in [1.82, 2.24) is 0 Å². The smallest absolute Gasteiger partial charge is 0.325 e. The fraction of sp³-hybridized carbons (Fsp3) is 0.394. The van der Waals surface area contributed by atoms with Crippen LogP contribution >= 0.6 is 35.0 Å². The highest BCUT2D eigenvalue weighted by atomic mass is 35.5. The second kappa shape index (κ2) is 24.4. The number of carbonyl (C=O) groups excluding carboxylic acids is 8. The number of thioether (sulfide) groups is 1. The maximum absolute atomic E-state index is 12.6. The SMILES string of the molecule is CS/C(C)=C(\C(=O)CC(C)C)C(=O)Nc1cc(Cl)ccc1C.Cc1ccc(Cl)cc1NC(=O)CC(=O)CC(C)C.O=C=O.O=C=O. The molecule has 0 aliphatic heterocycles. The van der Waals surface area contributed by atoms with Gasteiger partial charge in [0.1, 0.15) is 5.78 Å². The Morgan fingerprint density at radius 1 is 0.761 bits per heavy atom. The molecule has 0 heterocycles. The van der Waals surface area contributed by atoms with Gasteiger partial charge in [-0.2, -0.15) is 19.2 Å². The number of aryl methyl sites for hydroxylation is 2. The Bertz CT molecular complexity index is 1430. The van der Waals surface area contributed by atoms with Crippen molar-refractivity contribution in [2.75, 3.05) is 16.9 Å². The topological polar surface area (TPSA) is 161 Å². The lowest BCUT2D eigenvalue weighted by Gasteiger charge is -2.13. The summed E-state index contributed by atoms with van der Waals surface area (Å²) in [6.07, 6.45) is 3.07. The highest BCUT2D eigenvalue weighted by molar-refractivity contribution is 8.02. The first-order chi connectivity index (χ1) is 21.5. The molecule has 2 aromatic rings. The zero-order valence-corrected chi connectivity index (χ0v) is 29.5. The second-order valence-corrected chi connectivity index (χ2v) is 12.5. The summed E-state index contributed by atoms with van der Waals surface area (Å²) >= 11 is 13.2. The minimum atomic E-state index is -0.372. The number of amides is 2. The lowest BCUT2D eigenvalue weighted by molar-refractivity contribution is -0.193. The highest BCUT2D eigenvalue weighted by Gasteiger charge is 2.22. The third kappa shape index (κ3) is 19.5. The van der Waals surface area contributed by atoms with Gasteiger partial charge in [-0.1, -0.05) is 63.0 Å². The van der Waals surface area contributed by atoms with E-state index >= 15 is 0 Å². The van der Waals surface area contributed by atoms with Gasteiger partial charge in [0.15, 0.2) is 5.78 Å². The van der Waals surface area contributed by atoms with Crippen molar-refractivity contribution < 1.29 is 38.4 Å². The number of halogens is 2. The van der Waals surface area contributed by atoms with Crippen LogP contribution in [0.2, 0.25) is 10.0 Å². The first-order valence-electron chi connectivity index (χ1n) is 13.9. The van der Waals surface area contributed by atoms with Crippen LogP contribution in [0.15, 0.2) is 46.9 Å². The predicted octanol–water partition coefficient (Wildman–Crippen LogP) is 7.26. The zero-order valence-electron chi connectivity index (χ0n) is 27.2. The largest absolute Gasteiger partial charge is 0.373 e. The Labute approximate surface area is 284 Å². The van der Waals surface area contributed by atoms with Crippen LogP contribution in [0.3, 0.4) is 0 Å². The van der Waals surface area contributed by atoms with Gasteiger partial charge in [-0.05, 0) is 79.2 Å². The molecule has 0 bridgehead atoms. The maximum atomic E-state index is 12.6. The minimum Gasteiger partial charge on any atom is -0.325 e. The summed E-state index contributed by atoms with van der Waals surface area (Å²) in [7, 11) is 0. The number of hydrogen-bond donors (Lipinski definition) is 2. The predicted molar refractivity (Wildman–Crippen MR) is 179 cm³/mol. The lowest BCUT2D eigenvalue weighted by atomic mass is 10.00. The van der Waals surface area contributed by atoms with E-state index in [1.807, 2.05) is 59.9 Å². The normalized spacial score (nSPS) is 10.3. The van der Waals surface area contributed by atoms with Crippen molar-refractivity contribution in [2.24, 2.45) is 11.8 Å². The summed E-state index contributed by atoms with van der Waals surface area (Å²) in [5.41, 5.74) is 3.34. The van der Waals surface area contributed by atoms with Gasteiger partial charge in [-0.15, -0.1) is 11.8 Å². The van der Waals surface area contributed by atoms with Crippen LogP contribution in [0.5, 0.6) is 0 Å². The van der Waals surface area contributed by atoms with Crippen LogP contribution in [0.1, 0.15) is 65.0 Å². The molecule has 2 rings (SSSR count). The number of benzene rings is 2. The minimum absolute atomic E-state index is 0.0396. The van der Waals surface area contributed by atoms with Crippen molar-refractivity contribution >= 4 is 82.0 Å². The molecule has 46 heavy (non-hydrogen) atoms. The Morgan fingerprint density at radius 2 is 1.17 bits per heavy atom. The van der Waals surface area contributed by atoms with E-state index in [0.717, 1.165) is 16.0 Å². The van der Waals surface area contributed by atoms with Gasteiger partial charge in [0.25, 0.3) is 5.91 Å². The molecular formula is C33H40Cl2N2O8S. The van der Waals surface area contributed by atoms with E-state index in [2.05, 4.69) is 10.6 Å². The van der Waals surface area contributed by atoms with Gasteiger partial charge in [0.05, 0.1) is 12.0 Å². The molecule has 250 valence electrons. The number of hydrogen-bond acceptors (Lipinski definition) is 9. The third-order valence-electron chi connectivity index (χ3n) is 5.67. The van der Waals surface area contributed by atoms with Crippen LogP contribution in [-0.4, -0.2) is 41.9 Å². The standard InChI is InChI=1S/C17H22ClNO2S.C14H18ClNO2.2CO2/c1-10(2)8-15(20)16(12(4)22-5)17(21)19-14-9-13(18)7-6-11(14)3;1-9(2)6-12(17)8-14(18)16-13-7-11(15)5-4-10(13)3;2*2-1-3/h6-7,9-10H,8H2,1-5H3,(H,19,21);4-5,7,9H,6,8H2,1-3H3,(H,16,18);;/b16-12+;;;.